The van der Waals surface area contributed by atoms with E-state index in [1.54, 1.807) is 31.2 Å². The van der Waals surface area contributed by atoms with Crippen LogP contribution in [0.1, 0.15) is 51.6 Å². The van der Waals surface area contributed by atoms with E-state index >= 15 is 0 Å². The average Bonchev–Trinajstić information content (AvgIpc) is 3.33. The lowest BCUT2D eigenvalue weighted by atomic mass is 9.88. The van der Waals surface area contributed by atoms with Gasteiger partial charge in [0.1, 0.15) is 16.6 Å². The van der Waals surface area contributed by atoms with Crippen LogP contribution in [0.4, 0.5) is 9.39 Å². The Morgan fingerprint density at radius 2 is 2.00 bits per heavy atom. The molecule has 2 heterocycles. The highest BCUT2D eigenvalue weighted by Crippen LogP contribution is 2.40. The third kappa shape index (κ3) is 4.03. The number of esters is 1. The molecule has 30 heavy (non-hydrogen) atoms. The number of ether oxygens (including phenoxy) is 1. The quantitative estimate of drug-likeness (QED) is 0.530. The van der Waals surface area contributed by atoms with Crippen molar-refractivity contribution in [3.63, 3.8) is 0 Å². The molecule has 0 saturated heterocycles. The van der Waals surface area contributed by atoms with Crippen LogP contribution in [0.5, 0.6) is 0 Å². The van der Waals surface area contributed by atoms with Gasteiger partial charge in [-0.3, -0.25) is 4.79 Å². The van der Waals surface area contributed by atoms with Crippen LogP contribution in [0, 0.1) is 11.7 Å². The maximum Gasteiger partial charge on any atom is 0.341 e. The predicted octanol–water partition coefficient (Wildman–Crippen LogP) is 5.70. The summed E-state index contributed by atoms with van der Waals surface area (Å²) in [6.07, 6.45) is 2.69. The lowest BCUT2D eigenvalue weighted by Gasteiger charge is -2.18. The zero-order chi connectivity index (χ0) is 21.3. The Morgan fingerprint density at radius 1 is 1.23 bits per heavy atom. The second-order valence-electron chi connectivity index (χ2n) is 7.40. The van der Waals surface area contributed by atoms with E-state index < -0.39 is 11.9 Å². The van der Waals surface area contributed by atoms with Gasteiger partial charge in [-0.25, -0.2) is 9.18 Å². The number of carbonyl (C=O) groups excluding carboxylic acids is 2. The molecule has 0 radical (unpaired) electrons. The van der Waals surface area contributed by atoms with Crippen LogP contribution >= 0.6 is 11.3 Å². The molecule has 1 aliphatic rings. The van der Waals surface area contributed by atoms with Gasteiger partial charge in [0.25, 0.3) is 5.91 Å². The van der Waals surface area contributed by atoms with E-state index in [-0.39, 0.29) is 18.2 Å². The van der Waals surface area contributed by atoms with Gasteiger partial charge >= 0.3 is 5.97 Å². The van der Waals surface area contributed by atoms with Crippen LogP contribution in [0.3, 0.4) is 0 Å². The number of anilines is 1. The molecule has 1 aromatic carbocycles. The number of amides is 1. The molecule has 0 aliphatic heterocycles. The zero-order valence-electron chi connectivity index (χ0n) is 16.8. The van der Waals surface area contributed by atoms with Crippen LogP contribution < -0.4 is 5.32 Å². The van der Waals surface area contributed by atoms with Crippen molar-refractivity contribution >= 4 is 28.2 Å². The van der Waals surface area contributed by atoms with Crippen molar-refractivity contribution in [2.45, 2.75) is 33.1 Å². The van der Waals surface area contributed by atoms with Gasteiger partial charge in [0.2, 0.25) is 0 Å². The van der Waals surface area contributed by atoms with E-state index in [1.165, 1.54) is 23.5 Å². The second-order valence-corrected chi connectivity index (χ2v) is 8.51. The SMILES string of the molecule is CCOC(=O)c1c(NC(=O)c2ccc(-c3ccc(F)cc3)o2)sc2c1CCC(C)C2. The number of rotatable bonds is 5. The second kappa shape index (κ2) is 8.44. The normalized spacial score (nSPS) is 15.5. The fraction of sp³-hybridized carbons (Fsp3) is 0.304. The van der Waals surface area contributed by atoms with Crippen molar-refractivity contribution in [3.05, 3.63) is 64.0 Å². The lowest BCUT2D eigenvalue weighted by Crippen LogP contribution is -2.16. The van der Waals surface area contributed by atoms with Gasteiger partial charge < -0.3 is 14.5 Å². The van der Waals surface area contributed by atoms with Gasteiger partial charge in [0.05, 0.1) is 12.2 Å². The zero-order valence-corrected chi connectivity index (χ0v) is 17.6. The summed E-state index contributed by atoms with van der Waals surface area (Å²) in [5, 5.41) is 3.33. The topological polar surface area (TPSA) is 68.5 Å². The van der Waals surface area contributed by atoms with Gasteiger partial charge in [0.15, 0.2) is 5.76 Å². The highest BCUT2D eigenvalue weighted by Gasteiger charge is 2.29. The van der Waals surface area contributed by atoms with E-state index in [4.69, 9.17) is 9.15 Å². The molecule has 156 valence electrons. The lowest BCUT2D eigenvalue weighted by molar-refractivity contribution is 0.0526. The number of carbonyl (C=O) groups is 2. The number of halogens is 1. The van der Waals surface area contributed by atoms with Crippen molar-refractivity contribution in [2.24, 2.45) is 5.92 Å². The summed E-state index contributed by atoms with van der Waals surface area (Å²) >= 11 is 1.43. The number of fused-ring (bicyclic) bond motifs is 1. The standard InChI is InChI=1S/C23H22FNO4S/c1-3-28-23(27)20-16-9-4-13(2)12-19(16)30-22(20)25-21(26)18-11-10-17(29-18)14-5-7-15(24)8-6-14/h5-8,10-11,13H,3-4,9,12H2,1-2H3,(H,25,26). The van der Waals surface area contributed by atoms with Crippen molar-refractivity contribution in [2.75, 3.05) is 11.9 Å². The minimum absolute atomic E-state index is 0.115. The summed E-state index contributed by atoms with van der Waals surface area (Å²) in [5.74, 6) is -0.0790. The molecule has 1 atom stereocenters. The first kappa shape index (κ1) is 20.3. The summed E-state index contributed by atoms with van der Waals surface area (Å²) < 4.78 is 24.0. The maximum atomic E-state index is 13.1. The van der Waals surface area contributed by atoms with Crippen molar-refractivity contribution in [3.8, 4) is 11.3 Å². The number of furan rings is 1. The number of nitrogens with one attached hydrogen (secondary N) is 1. The molecule has 1 N–H and O–H groups in total. The largest absolute Gasteiger partial charge is 0.462 e. The molecular weight excluding hydrogens is 405 g/mol. The van der Waals surface area contributed by atoms with E-state index in [2.05, 4.69) is 12.2 Å². The third-order valence-electron chi connectivity index (χ3n) is 5.18. The maximum absolute atomic E-state index is 13.1. The van der Waals surface area contributed by atoms with E-state index in [0.717, 1.165) is 29.7 Å². The minimum atomic E-state index is -0.444. The predicted molar refractivity (Wildman–Crippen MR) is 114 cm³/mol. The molecule has 2 aromatic heterocycles. The summed E-state index contributed by atoms with van der Waals surface area (Å²) in [6.45, 7) is 4.22. The molecule has 5 nitrogen and oxygen atoms in total. The average molecular weight is 427 g/mol. The van der Waals surface area contributed by atoms with Gasteiger partial charge in [-0.2, -0.15) is 0 Å². The summed E-state index contributed by atoms with van der Waals surface area (Å²) in [6, 6.07) is 9.07. The highest BCUT2D eigenvalue weighted by atomic mass is 32.1. The number of benzene rings is 1. The van der Waals surface area contributed by atoms with Gasteiger partial charge in [-0.1, -0.05) is 6.92 Å². The Kier molecular flexibility index (Phi) is 5.72. The summed E-state index contributed by atoms with van der Waals surface area (Å²) in [5.41, 5.74) is 2.11. The monoisotopic (exact) mass is 427 g/mol. The molecular formula is C23H22FNO4S. The summed E-state index contributed by atoms with van der Waals surface area (Å²) in [7, 11) is 0. The molecule has 0 spiro atoms. The van der Waals surface area contributed by atoms with Gasteiger partial charge in [-0.05, 0) is 74.1 Å². The molecule has 1 aliphatic carbocycles. The third-order valence-corrected chi connectivity index (χ3v) is 6.35. The fourth-order valence-electron chi connectivity index (χ4n) is 3.65. The van der Waals surface area contributed by atoms with E-state index in [9.17, 15) is 14.0 Å². The van der Waals surface area contributed by atoms with E-state index in [0.29, 0.717) is 27.8 Å². The number of thiophene rings is 1. The minimum Gasteiger partial charge on any atom is -0.462 e. The summed E-state index contributed by atoms with van der Waals surface area (Å²) in [4.78, 5) is 26.5. The molecule has 7 heteroatoms. The molecule has 0 fully saturated rings. The number of hydrogen-bond donors (Lipinski definition) is 1. The van der Waals surface area contributed by atoms with Gasteiger partial charge in [0, 0.05) is 10.4 Å². The van der Waals surface area contributed by atoms with Crippen LogP contribution in [-0.2, 0) is 17.6 Å². The molecule has 1 amide bonds. The Balaban J connectivity index is 1.60. The Morgan fingerprint density at radius 3 is 2.73 bits per heavy atom. The van der Waals surface area contributed by atoms with Crippen molar-refractivity contribution < 1.29 is 23.1 Å². The molecule has 4 rings (SSSR count). The number of hydrogen-bond acceptors (Lipinski definition) is 5. The Hall–Kier alpha value is -2.93. The van der Waals surface area contributed by atoms with Crippen molar-refractivity contribution in [1.29, 1.82) is 0 Å². The first-order valence-corrected chi connectivity index (χ1v) is 10.8. The van der Waals surface area contributed by atoms with Crippen LogP contribution in [0.15, 0.2) is 40.8 Å². The first-order valence-electron chi connectivity index (χ1n) is 9.95. The van der Waals surface area contributed by atoms with Crippen LogP contribution in [0.2, 0.25) is 0 Å². The smallest absolute Gasteiger partial charge is 0.341 e. The Bertz CT molecular complexity index is 1080. The molecule has 3 aromatic rings. The molecule has 1 unspecified atom stereocenters. The first-order chi connectivity index (χ1) is 14.5. The highest BCUT2D eigenvalue weighted by molar-refractivity contribution is 7.17. The van der Waals surface area contributed by atoms with Crippen LogP contribution in [0.25, 0.3) is 11.3 Å². The van der Waals surface area contributed by atoms with Gasteiger partial charge in [-0.15, -0.1) is 11.3 Å². The Labute approximate surface area is 177 Å². The van der Waals surface area contributed by atoms with E-state index in [1.807, 2.05) is 0 Å². The fourth-order valence-corrected chi connectivity index (χ4v) is 5.05. The molecule has 0 saturated carbocycles. The van der Waals surface area contributed by atoms with Crippen LogP contribution in [-0.4, -0.2) is 18.5 Å². The molecule has 0 bridgehead atoms. The van der Waals surface area contributed by atoms with Crippen molar-refractivity contribution in [1.82, 2.24) is 0 Å².